The van der Waals surface area contributed by atoms with Crippen LogP contribution in [0.4, 0.5) is 61.5 Å². The van der Waals surface area contributed by atoms with Crippen LogP contribution in [0, 0.1) is 0 Å². The zero-order chi connectivity index (χ0) is 28.4. The fourth-order valence-corrected chi connectivity index (χ4v) is 5.52. The Morgan fingerprint density at radius 2 is 0.528 bits per heavy atom. The first-order valence-electron chi connectivity index (χ1n) is 6.28. The minimum Gasteiger partial charge on any atom is -0.423 e. The van der Waals surface area contributed by atoms with E-state index in [2.05, 4.69) is 0 Å². The molecule has 206 valence electrons. The second-order valence-electron chi connectivity index (χ2n) is 5.12. The zero-order valence-electron chi connectivity index (χ0n) is 16.1. The fraction of sp³-hybridized carbons (Fsp3) is 1.00. The van der Waals surface area contributed by atoms with E-state index in [9.17, 15) is 95.1 Å². The first-order chi connectivity index (χ1) is 14.2. The molecule has 0 saturated heterocycles. The number of halogens is 14. The summed E-state index contributed by atoms with van der Waals surface area (Å²) in [5, 5.41) is -16.4. The molecule has 0 atom stereocenters. The summed E-state index contributed by atoms with van der Waals surface area (Å²) in [5.41, 5.74) is -14.0. The Balaban J connectivity index is -0.00000544. The van der Waals surface area contributed by atoms with Crippen molar-refractivity contribution in [1.29, 1.82) is 0 Å². The average molecular weight is 636 g/mol. The molecule has 0 unspecified atom stereocenters. The van der Waals surface area contributed by atoms with Gasteiger partial charge in [-0.25, -0.2) is 33.7 Å². The van der Waals surface area contributed by atoms with Crippen LogP contribution >= 0.6 is 0 Å². The van der Waals surface area contributed by atoms with Crippen molar-refractivity contribution in [2.24, 2.45) is 0 Å². The molecular weight excluding hydrogens is 636 g/mol. The van der Waals surface area contributed by atoms with Crippen molar-refractivity contribution < 1.29 is 133 Å². The molecule has 36 heavy (non-hydrogen) atoms. The van der Waals surface area contributed by atoms with E-state index in [-0.39, 0.29) is 46.0 Å². The van der Waals surface area contributed by atoms with E-state index in [4.69, 9.17) is 0 Å². The van der Waals surface area contributed by atoms with Crippen molar-refractivity contribution in [3.05, 3.63) is 8.25 Å². The molecule has 10 nitrogen and oxygen atoms in total. The summed E-state index contributed by atoms with van der Waals surface area (Å²) >= 11 is 0. The molecule has 0 saturated carbocycles. The van der Waals surface area contributed by atoms with Gasteiger partial charge in [-0.1, -0.05) is 0 Å². The van der Waals surface area contributed by atoms with Crippen LogP contribution in [0.3, 0.4) is 0 Å². The van der Waals surface area contributed by atoms with Crippen molar-refractivity contribution in [1.82, 2.24) is 0 Å². The van der Waals surface area contributed by atoms with Crippen LogP contribution in [0.1, 0.15) is 0 Å². The van der Waals surface area contributed by atoms with Gasteiger partial charge in [0.1, 0.15) is 0 Å². The van der Waals surface area contributed by atoms with Crippen LogP contribution in [0.25, 0.3) is 8.25 Å². The van der Waals surface area contributed by atoms with Gasteiger partial charge in [-0.05, 0) is 0 Å². The topological polar surface area (TPSA) is 165 Å². The molecule has 0 aliphatic carbocycles. The molecule has 0 aliphatic rings. The van der Waals surface area contributed by atoms with Crippen LogP contribution in [-0.4, -0.2) is 67.0 Å². The molecule has 0 heterocycles. The maximum absolute atomic E-state index is 13.5. The van der Waals surface area contributed by atoms with Gasteiger partial charge in [0, 0.05) is 0 Å². The maximum atomic E-state index is 13.5. The maximum Gasteiger partial charge on any atom is 1.00 e. The van der Waals surface area contributed by atoms with Gasteiger partial charge in [0.25, 0.3) is 0 Å². The number of hydrogen-bond donors (Lipinski definition) is 0. The standard InChI is InChI=1S/C6F14N2O8S4.2Li/c7-1(8,3(11,12)31(23,24)21-33(27,28)5(15,16)17)2(9,10)4(13,14)32(25,26)22-34(29,30)6(18,19)20;;/q-2;2*+1. The second-order valence-corrected chi connectivity index (χ2v) is 12.1. The molecule has 0 bridgehead atoms. The van der Waals surface area contributed by atoms with Gasteiger partial charge in [-0.15, -0.1) is 0 Å². The van der Waals surface area contributed by atoms with Crippen LogP contribution in [0.5, 0.6) is 0 Å². The summed E-state index contributed by atoms with van der Waals surface area (Å²) in [6, 6.07) is 0. The van der Waals surface area contributed by atoms with E-state index in [1.807, 2.05) is 0 Å². The second kappa shape index (κ2) is 10.5. The molecule has 0 amide bonds. The first kappa shape index (κ1) is 40.4. The summed E-state index contributed by atoms with van der Waals surface area (Å²) in [5.74, 6) is -17.1. The van der Waals surface area contributed by atoms with E-state index in [0.717, 1.165) is 0 Å². The SMILES string of the molecule is O=S(=O)([N-]S(=O)(=O)C(F)(F)C(F)(F)C(F)(F)C(F)(F)S(=O)(=O)[N-]S(=O)(=O)C(F)(F)F)C(F)(F)F.[Li+].[Li+]. The molecule has 0 aromatic heterocycles. The fourth-order valence-electron chi connectivity index (χ4n) is 1.13. The number of sulfonamides is 4. The number of nitrogens with zero attached hydrogens (tertiary/aromatic N) is 2. The van der Waals surface area contributed by atoms with Gasteiger partial charge in [0.05, 0.1) is 0 Å². The average Bonchev–Trinajstić information content (AvgIpc) is 2.49. The smallest absolute Gasteiger partial charge is 0.423 e. The van der Waals surface area contributed by atoms with Crippen LogP contribution in [0.2, 0.25) is 0 Å². The van der Waals surface area contributed by atoms with Crippen molar-refractivity contribution in [3.8, 4) is 0 Å². The van der Waals surface area contributed by atoms with Crippen molar-refractivity contribution >= 4 is 40.1 Å². The summed E-state index contributed by atoms with van der Waals surface area (Å²) in [4.78, 5) is 0. The molecular formula is C6F14Li2N2O8S4. The predicted molar refractivity (Wildman–Crippen MR) is 74.3 cm³/mol. The quantitative estimate of drug-likeness (QED) is 0.186. The third-order valence-electron chi connectivity index (χ3n) is 2.75. The van der Waals surface area contributed by atoms with E-state index in [1.165, 1.54) is 0 Å². The molecule has 30 heteroatoms. The summed E-state index contributed by atoms with van der Waals surface area (Å²) in [7, 11) is -32.6. The first-order valence-corrected chi connectivity index (χ1v) is 12.0. The third kappa shape index (κ3) is 6.56. The Kier molecular flexibility index (Phi) is 11.8. The largest absolute Gasteiger partial charge is 1.00 e. The summed E-state index contributed by atoms with van der Waals surface area (Å²) in [6.45, 7) is 0. The minimum absolute atomic E-state index is 0. The normalized spacial score (nSPS) is 15.6. The van der Waals surface area contributed by atoms with E-state index >= 15 is 0 Å². The van der Waals surface area contributed by atoms with Gasteiger partial charge in [-0.2, -0.15) is 61.5 Å². The molecule has 0 rings (SSSR count). The van der Waals surface area contributed by atoms with E-state index < -0.39 is 73.5 Å². The summed E-state index contributed by atoms with van der Waals surface area (Å²) in [6.07, 6.45) is 0. The molecule has 0 fully saturated rings. The van der Waals surface area contributed by atoms with Crippen molar-refractivity contribution in [2.45, 2.75) is 33.4 Å². The van der Waals surface area contributed by atoms with Crippen molar-refractivity contribution in [3.63, 3.8) is 0 Å². The number of hydrogen-bond acceptors (Lipinski definition) is 8. The zero-order valence-corrected chi connectivity index (χ0v) is 19.4. The van der Waals surface area contributed by atoms with Gasteiger partial charge in [0.15, 0.2) is 40.1 Å². The van der Waals surface area contributed by atoms with Crippen LogP contribution in [0.15, 0.2) is 0 Å². The number of rotatable bonds is 9. The predicted octanol–water partition coefficient (Wildman–Crippen LogP) is -3.44. The molecule has 0 N–H and O–H groups in total. The third-order valence-corrected chi connectivity index (χ3v) is 8.87. The molecule has 0 radical (unpaired) electrons. The summed E-state index contributed by atoms with van der Waals surface area (Å²) < 4.78 is 265. The van der Waals surface area contributed by atoms with Gasteiger partial charge >= 0.3 is 71.1 Å². The molecule has 0 aromatic rings. The van der Waals surface area contributed by atoms with Crippen molar-refractivity contribution in [2.75, 3.05) is 0 Å². The van der Waals surface area contributed by atoms with Gasteiger partial charge in [-0.3, -0.25) is 0 Å². The monoisotopic (exact) mass is 636 g/mol. The van der Waals surface area contributed by atoms with E-state index in [1.54, 1.807) is 0 Å². The van der Waals surface area contributed by atoms with Crippen LogP contribution in [-0.2, 0) is 40.1 Å². The molecule has 0 aromatic carbocycles. The van der Waals surface area contributed by atoms with E-state index in [0.29, 0.717) is 0 Å². The molecule has 0 aliphatic heterocycles. The Morgan fingerprint density at radius 3 is 0.667 bits per heavy atom. The Labute approximate surface area is 214 Å². The van der Waals surface area contributed by atoms with Gasteiger partial charge < -0.3 is 8.25 Å². The van der Waals surface area contributed by atoms with Crippen LogP contribution < -0.4 is 37.7 Å². The molecule has 0 spiro atoms. The Hall–Kier alpha value is -0.0652. The van der Waals surface area contributed by atoms with Gasteiger partial charge in [0.2, 0.25) is 0 Å². The Bertz CT molecular complexity index is 1140. The minimum atomic E-state index is -8.53. The Morgan fingerprint density at radius 1 is 0.361 bits per heavy atom. The number of alkyl halides is 14.